The van der Waals surface area contributed by atoms with E-state index in [-0.39, 0.29) is 0 Å². The lowest BCUT2D eigenvalue weighted by Gasteiger charge is -1.99. The highest BCUT2D eigenvalue weighted by molar-refractivity contribution is 6.36. The first-order valence-corrected chi connectivity index (χ1v) is 5.76. The van der Waals surface area contributed by atoms with Crippen LogP contribution in [0.5, 0.6) is 0 Å². The van der Waals surface area contributed by atoms with Crippen LogP contribution < -0.4 is 0 Å². The van der Waals surface area contributed by atoms with Crippen molar-refractivity contribution in [3.63, 3.8) is 0 Å². The van der Waals surface area contributed by atoms with Crippen LogP contribution in [0, 0.1) is 6.92 Å². The summed E-state index contributed by atoms with van der Waals surface area (Å²) >= 11 is 12.1. The lowest BCUT2D eigenvalue weighted by Crippen LogP contribution is -1.88. The summed E-state index contributed by atoms with van der Waals surface area (Å²) in [5.41, 5.74) is 3.16. The van der Waals surface area contributed by atoms with Crippen LogP contribution in [0.2, 0.25) is 10.0 Å². The number of halogens is 2. The minimum absolute atomic E-state index is 0.623. The van der Waals surface area contributed by atoms with Gasteiger partial charge in [-0.2, -0.15) is 0 Å². The fourth-order valence-electron chi connectivity index (χ4n) is 1.95. The van der Waals surface area contributed by atoms with Gasteiger partial charge >= 0.3 is 0 Å². The number of aryl methyl sites for hydroxylation is 1. The molecule has 0 aromatic carbocycles. The third-order valence-electron chi connectivity index (χ3n) is 2.88. The largest absolute Gasteiger partial charge is 0.301 e. The van der Waals surface area contributed by atoms with Crippen molar-refractivity contribution in [1.82, 2.24) is 9.38 Å². The van der Waals surface area contributed by atoms with Gasteiger partial charge in [-0.05, 0) is 25.8 Å². The molecule has 0 spiro atoms. The highest BCUT2D eigenvalue weighted by atomic mass is 35.5. The maximum absolute atomic E-state index is 6.10. The van der Waals surface area contributed by atoms with Crippen LogP contribution >= 0.6 is 23.2 Å². The van der Waals surface area contributed by atoms with E-state index in [0.29, 0.717) is 16.0 Å². The molecule has 78 valence electrons. The van der Waals surface area contributed by atoms with E-state index in [1.54, 1.807) is 6.07 Å². The monoisotopic (exact) mass is 240 g/mol. The zero-order chi connectivity index (χ0) is 10.6. The second-order valence-electron chi connectivity index (χ2n) is 4.06. The number of nitrogens with zero attached hydrogens (tertiary/aromatic N) is 2. The normalized spacial score (nSPS) is 16.2. The van der Waals surface area contributed by atoms with E-state index in [1.165, 1.54) is 18.5 Å². The van der Waals surface area contributed by atoms with Gasteiger partial charge in [-0.1, -0.05) is 23.2 Å². The average Bonchev–Trinajstić information content (AvgIpc) is 2.94. The molecule has 1 aliphatic rings. The van der Waals surface area contributed by atoms with Crippen LogP contribution in [0.15, 0.2) is 12.3 Å². The van der Waals surface area contributed by atoms with Crippen molar-refractivity contribution in [1.29, 1.82) is 0 Å². The predicted molar refractivity (Wildman–Crippen MR) is 61.9 cm³/mol. The molecule has 0 bridgehead atoms. The predicted octanol–water partition coefficient (Wildman–Crippen LogP) is 3.83. The molecule has 3 rings (SSSR count). The van der Waals surface area contributed by atoms with Crippen LogP contribution in [0.3, 0.4) is 0 Å². The van der Waals surface area contributed by atoms with E-state index in [2.05, 4.69) is 11.9 Å². The Balaban J connectivity index is 2.34. The van der Waals surface area contributed by atoms with E-state index in [0.717, 1.165) is 11.3 Å². The fraction of sp³-hybridized carbons (Fsp3) is 0.364. The third kappa shape index (κ3) is 1.44. The molecule has 15 heavy (non-hydrogen) atoms. The molecule has 0 amide bonds. The molecule has 4 heteroatoms. The Morgan fingerprint density at radius 3 is 2.80 bits per heavy atom. The molecule has 2 aromatic heterocycles. The second-order valence-corrected chi connectivity index (χ2v) is 4.90. The van der Waals surface area contributed by atoms with E-state index >= 15 is 0 Å². The van der Waals surface area contributed by atoms with Crippen molar-refractivity contribution in [3.8, 4) is 0 Å². The van der Waals surface area contributed by atoms with Crippen molar-refractivity contribution >= 4 is 28.8 Å². The van der Waals surface area contributed by atoms with Crippen molar-refractivity contribution in [2.75, 3.05) is 0 Å². The number of rotatable bonds is 1. The molecule has 1 saturated carbocycles. The van der Waals surface area contributed by atoms with Crippen LogP contribution in [0.1, 0.15) is 30.1 Å². The molecule has 1 aliphatic carbocycles. The number of fused-ring (bicyclic) bond motifs is 1. The van der Waals surface area contributed by atoms with E-state index < -0.39 is 0 Å². The Labute approximate surface area is 97.8 Å². The summed E-state index contributed by atoms with van der Waals surface area (Å²) in [5.74, 6) is 0.639. The number of pyridine rings is 1. The van der Waals surface area contributed by atoms with Crippen LogP contribution in [-0.2, 0) is 0 Å². The molecule has 0 N–H and O–H groups in total. The number of hydrogen-bond donors (Lipinski definition) is 0. The molecule has 2 nitrogen and oxygen atoms in total. The molecule has 0 radical (unpaired) electrons. The SMILES string of the molecule is Cc1c(C2CC2)nc2c(Cl)cc(Cl)cn12. The molecule has 2 heterocycles. The lowest BCUT2D eigenvalue weighted by molar-refractivity contribution is 1.01. The summed E-state index contributed by atoms with van der Waals surface area (Å²) in [6, 6.07) is 1.74. The van der Waals surface area contributed by atoms with Gasteiger partial charge < -0.3 is 4.40 Å². The molecular formula is C11H10Cl2N2. The highest BCUT2D eigenvalue weighted by Gasteiger charge is 2.29. The minimum Gasteiger partial charge on any atom is -0.301 e. The summed E-state index contributed by atoms with van der Waals surface area (Å²) in [6.45, 7) is 2.07. The van der Waals surface area contributed by atoms with E-state index in [4.69, 9.17) is 23.2 Å². The summed E-state index contributed by atoms with van der Waals surface area (Å²) in [6.07, 6.45) is 4.36. The van der Waals surface area contributed by atoms with Gasteiger partial charge in [0.15, 0.2) is 5.65 Å². The Hall–Kier alpha value is -0.730. The lowest BCUT2D eigenvalue weighted by atomic mass is 10.2. The van der Waals surface area contributed by atoms with Crippen LogP contribution in [0.25, 0.3) is 5.65 Å². The Morgan fingerprint density at radius 1 is 1.40 bits per heavy atom. The van der Waals surface area contributed by atoms with Crippen molar-refractivity contribution < 1.29 is 0 Å². The van der Waals surface area contributed by atoms with Gasteiger partial charge in [-0.25, -0.2) is 4.98 Å². The fourth-order valence-corrected chi connectivity index (χ4v) is 2.46. The quantitative estimate of drug-likeness (QED) is 0.741. The number of aromatic nitrogens is 2. The maximum atomic E-state index is 6.10. The Morgan fingerprint density at radius 2 is 2.13 bits per heavy atom. The summed E-state index contributed by atoms with van der Waals surface area (Å²) in [4.78, 5) is 4.59. The van der Waals surface area contributed by atoms with Gasteiger partial charge in [0, 0.05) is 17.8 Å². The van der Waals surface area contributed by atoms with Gasteiger partial charge in [0.2, 0.25) is 0 Å². The van der Waals surface area contributed by atoms with Gasteiger partial charge in [0.25, 0.3) is 0 Å². The first-order chi connectivity index (χ1) is 7.16. The summed E-state index contributed by atoms with van der Waals surface area (Å²) < 4.78 is 1.98. The van der Waals surface area contributed by atoms with Crippen molar-refractivity contribution in [3.05, 3.63) is 33.7 Å². The molecule has 0 unspecified atom stereocenters. The van der Waals surface area contributed by atoms with E-state index in [1.807, 2.05) is 10.6 Å². The molecular weight excluding hydrogens is 231 g/mol. The smallest absolute Gasteiger partial charge is 0.156 e. The zero-order valence-electron chi connectivity index (χ0n) is 8.30. The van der Waals surface area contributed by atoms with E-state index in [9.17, 15) is 0 Å². The second kappa shape index (κ2) is 3.13. The number of hydrogen-bond acceptors (Lipinski definition) is 1. The van der Waals surface area contributed by atoms with Crippen molar-refractivity contribution in [2.45, 2.75) is 25.7 Å². The summed E-state index contributed by atoms with van der Waals surface area (Å²) in [7, 11) is 0. The van der Waals surface area contributed by atoms with Gasteiger partial charge in [-0.3, -0.25) is 0 Å². The standard InChI is InChI=1S/C11H10Cl2N2/c1-6-10(7-2-3-7)14-11-9(13)4-8(12)5-15(6)11/h4-5,7H,2-3H2,1H3. The highest BCUT2D eigenvalue weighted by Crippen LogP contribution is 2.41. The zero-order valence-corrected chi connectivity index (χ0v) is 9.81. The molecule has 0 saturated heterocycles. The molecule has 1 fully saturated rings. The first-order valence-electron chi connectivity index (χ1n) is 5.00. The topological polar surface area (TPSA) is 17.3 Å². The Kier molecular flexibility index (Phi) is 1.98. The van der Waals surface area contributed by atoms with Crippen LogP contribution in [-0.4, -0.2) is 9.38 Å². The maximum Gasteiger partial charge on any atom is 0.156 e. The molecule has 0 atom stereocenters. The van der Waals surface area contributed by atoms with Gasteiger partial charge in [0.1, 0.15) is 0 Å². The van der Waals surface area contributed by atoms with Gasteiger partial charge in [-0.15, -0.1) is 0 Å². The third-order valence-corrected chi connectivity index (χ3v) is 3.37. The number of imidazole rings is 1. The molecule has 2 aromatic rings. The first kappa shape index (κ1) is 9.49. The Bertz CT molecular complexity index is 541. The summed E-state index contributed by atoms with van der Waals surface area (Å²) in [5, 5.41) is 1.27. The molecule has 0 aliphatic heterocycles. The van der Waals surface area contributed by atoms with Gasteiger partial charge in [0.05, 0.1) is 15.7 Å². The van der Waals surface area contributed by atoms with Crippen LogP contribution in [0.4, 0.5) is 0 Å². The van der Waals surface area contributed by atoms with Crippen molar-refractivity contribution in [2.24, 2.45) is 0 Å². The average molecular weight is 241 g/mol. The minimum atomic E-state index is 0.623.